The molecule has 2 amide bonds. The maximum Gasteiger partial charge on any atom is 0.320 e. The van der Waals surface area contributed by atoms with E-state index in [1.807, 2.05) is 28.3 Å². The van der Waals surface area contributed by atoms with Crippen molar-refractivity contribution >= 4 is 44.9 Å². The smallest absolute Gasteiger partial charge is 0.320 e. The number of fused-ring (bicyclic) bond motifs is 2. The molecule has 174 valence electrons. The predicted octanol–water partition coefficient (Wildman–Crippen LogP) is 4.24. The van der Waals surface area contributed by atoms with Crippen molar-refractivity contribution in [1.82, 2.24) is 29.7 Å². The van der Waals surface area contributed by atoms with E-state index in [1.54, 1.807) is 0 Å². The Morgan fingerprint density at radius 3 is 2.74 bits per heavy atom. The maximum atomic E-state index is 12.9. The molecular formula is C26H29N7O. The lowest BCUT2D eigenvalue weighted by Crippen LogP contribution is -2.52. The lowest BCUT2D eigenvalue weighted by molar-refractivity contribution is 0.125. The Morgan fingerprint density at radius 2 is 1.91 bits per heavy atom. The van der Waals surface area contributed by atoms with Gasteiger partial charge in [0.15, 0.2) is 0 Å². The highest BCUT2D eigenvalue weighted by atomic mass is 16.2. The van der Waals surface area contributed by atoms with Crippen LogP contribution in [-0.4, -0.2) is 82.0 Å². The fourth-order valence-electron chi connectivity index (χ4n) is 4.88. The van der Waals surface area contributed by atoms with Crippen molar-refractivity contribution < 1.29 is 4.79 Å². The van der Waals surface area contributed by atoms with Crippen LogP contribution in [0, 0.1) is 0 Å². The number of hydrogen-bond donors (Lipinski definition) is 3. The Kier molecular flexibility index (Phi) is 5.22. The number of carbonyl (C=O) groups excluding carboxylic acids is 1. The van der Waals surface area contributed by atoms with Gasteiger partial charge in [-0.1, -0.05) is 6.08 Å². The molecule has 3 N–H and O–H groups in total. The fraction of sp³-hybridized carbons (Fsp3) is 0.308. The second-order valence-electron chi connectivity index (χ2n) is 9.21. The minimum atomic E-state index is 0.160. The third-order valence-electron chi connectivity index (χ3n) is 6.96. The first-order valence-electron chi connectivity index (χ1n) is 11.9. The number of carbonyl (C=O) groups is 1. The zero-order chi connectivity index (χ0) is 23.1. The van der Waals surface area contributed by atoms with Crippen molar-refractivity contribution in [2.24, 2.45) is 0 Å². The molecule has 8 nitrogen and oxygen atoms in total. The molecule has 8 heteroatoms. The SMILES string of the molecule is CN1CCN(C(=O)N2CC=C(c3cc4c(Nc5ccc6[nH]ccc6c5)ccnc4[nH]3)CC2)CC1. The van der Waals surface area contributed by atoms with Crippen molar-refractivity contribution in [3.63, 3.8) is 0 Å². The van der Waals surface area contributed by atoms with Gasteiger partial charge in [0.05, 0.1) is 5.69 Å². The number of aromatic amines is 2. The van der Waals surface area contributed by atoms with Crippen molar-refractivity contribution in [2.75, 3.05) is 51.6 Å². The number of urea groups is 1. The molecule has 0 spiro atoms. The predicted molar refractivity (Wildman–Crippen MR) is 136 cm³/mol. The standard InChI is InChI=1S/C26H29N7O/c1-31-12-14-33(15-13-31)26(34)32-10-6-18(7-11-32)24-17-21-23(5-9-28-25(21)30-24)29-20-2-3-22-19(16-20)4-8-27-22/h2-6,8-9,16-17,27H,7,10-15H2,1H3,(H2,28,29,30). The summed E-state index contributed by atoms with van der Waals surface area (Å²) in [5.41, 5.74) is 6.35. The number of benzene rings is 1. The van der Waals surface area contributed by atoms with Gasteiger partial charge in [0.1, 0.15) is 5.65 Å². The van der Waals surface area contributed by atoms with Crippen molar-refractivity contribution in [1.29, 1.82) is 0 Å². The van der Waals surface area contributed by atoms with E-state index in [0.717, 1.165) is 72.8 Å². The van der Waals surface area contributed by atoms with Gasteiger partial charge in [-0.2, -0.15) is 0 Å². The number of H-pyrrole nitrogens is 2. The number of rotatable bonds is 3. The van der Waals surface area contributed by atoms with Gasteiger partial charge in [0.2, 0.25) is 0 Å². The average Bonchev–Trinajstić information content (AvgIpc) is 3.52. The van der Waals surface area contributed by atoms with Gasteiger partial charge in [-0.05, 0) is 55.4 Å². The van der Waals surface area contributed by atoms with E-state index in [4.69, 9.17) is 0 Å². The van der Waals surface area contributed by atoms with Crippen molar-refractivity contribution in [3.05, 3.63) is 60.6 Å². The second kappa shape index (κ2) is 8.53. The zero-order valence-electron chi connectivity index (χ0n) is 19.3. The molecule has 2 aliphatic rings. The summed E-state index contributed by atoms with van der Waals surface area (Å²) < 4.78 is 0. The summed E-state index contributed by atoms with van der Waals surface area (Å²) in [6.07, 6.45) is 6.79. The number of aromatic nitrogens is 3. The van der Waals surface area contributed by atoms with Gasteiger partial charge in [0.25, 0.3) is 0 Å². The van der Waals surface area contributed by atoms with Crippen LogP contribution in [0.25, 0.3) is 27.5 Å². The fourth-order valence-corrected chi connectivity index (χ4v) is 4.88. The summed E-state index contributed by atoms with van der Waals surface area (Å²) in [6.45, 7) is 4.88. The number of amides is 2. The molecule has 0 aliphatic carbocycles. The Morgan fingerprint density at radius 1 is 1.03 bits per heavy atom. The van der Waals surface area contributed by atoms with Crippen LogP contribution in [0.1, 0.15) is 12.1 Å². The van der Waals surface area contributed by atoms with E-state index in [9.17, 15) is 4.79 Å². The molecule has 1 saturated heterocycles. The summed E-state index contributed by atoms with van der Waals surface area (Å²) >= 11 is 0. The number of hydrogen-bond acceptors (Lipinski definition) is 4. The Bertz CT molecular complexity index is 1380. The van der Waals surface area contributed by atoms with Gasteiger partial charge in [0, 0.05) is 79.3 Å². The highest BCUT2D eigenvalue weighted by molar-refractivity contribution is 5.95. The van der Waals surface area contributed by atoms with Crippen LogP contribution < -0.4 is 5.32 Å². The van der Waals surface area contributed by atoms with Gasteiger partial charge >= 0.3 is 6.03 Å². The van der Waals surface area contributed by atoms with Crippen LogP contribution in [-0.2, 0) is 0 Å². The topological polar surface area (TPSA) is 83.3 Å². The minimum Gasteiger partial charge on any atom is -0.361 e. The highest BCUT2D eigenvalue weighted by Gasteiger charge is 2.26. The lowest BCUT2D eigenvalue weighted by atomic mass is 10.0. The second-order valence-corrected chi connectivity index (χ2v) is 9.21. The molecule has 0 unspecified atom stereocenters. The molecule has 3 aromatic heterocycles. The number of nitrogens with zero attached hydrogens (tertiary/aromatic N) is 4. The molecule has 34 heavy (non-hydrogen) atoms. The van der Waals surface area contributed by atoms with Gasteiger partial charge in [-0.25, -0.2) is 9.78 Å². The van der Waals surface area contributed by atoms with Gasteiger partial charge < -0.3 is 30.0 Å². The van der Waals surface area contributed by atoms with Crippen LogP contribution >= 0.6 is 0 Å². The van der Waals surface area contributed by atoms with Crippen LogP contribution in [0.5, 0.6) is 0 Å². The molecular weight excluding hydrogens is 426 g/mol. The maximum absolute atomic E-state index is 12.9. The van der Waals surface area contributed by atoms with Crippen molar-refractivity contribution in [3.8, 4) is 0 Å². The molecule has 1 aromatic carbocycles. The van der Waals surface area contributed by atoms with Gasteiger partial charge in [-0.15, -0.1) is 0 Å². The molecule has 0 bridgehead atoms. The van der Waals surface area contributed by atoms with Crippen LogP contribution in [0.4, 0.5) is 16.2 Å². The highest BCUT2D eigenvalue weighted by Crippen LogP contribution is 2.31. The minimum absolute atomic E-state index is 0.160. The van der Waals surface area contributed by atoms with E-state index < -0.39 is 0 Å². The third-order valence-corrected chi connectivity index (χ3v) is 6.96. The summed E-state index contributed by atoms with van der Waals surface area (Å²) in [5, 5.41) is 5.78. The Balaban J connectivity index is 1.19. The number of likely N-dealkylation sites (N-methyl/N-ethyl adjacent to an activating group) is 1. The Labute approximate surface area is 198 Å². The summed E-state index contributed by atoms with van der Waals surface area (Å²) in [7, 11) is 2.11. The number of anilines is 2. The molecule has 0 radical (unpaired) electrons. The lowest BCUT2D eigenvalue weighted by Gasteiger charge is -2.37. The normalized spacial score (nSPS) is 17.4. The Hall–Kier alpha value is -3.78. The van der Waals surface area contributed by atoms with E-state index in [2.05, 4.69) is 68.6 Å². The molecule has 2 aliphatic heterocycles. The first-order valence-corrected chi connectivity index (χ1v) is 11.9. The summed E-state index contributed by atoms with van der Waals surface area (Å²) in [5.74, 6) is 0. The molecule has 5 heterocycles. The molecule has 1 fully saturated rings. The van der Waals surface area contributed by atoms with E-state index in [0.29, 0.717) is 6.54 Å². The number of piperazine rings is 1. The molecule has 0 atom stereocenters. The number of pyridine rings is 1. The largest absolute Gasteiger partial charge is 0.361 e. The molecule has 0 saturated carbocycles. The zero-order valence-corrected chi connectivity index (χ0v) is 19.3. The van der Waals surface area contributed by atoms with E-state index in [-0.39, 0.29) is 6.03 Å². The van der Waals surface area contributed by atoms with E-state index >= 15 is 0 Å². The van der Waals surface area contributed by atoms with E-state index in [1.165, 1.54) is 11.0 Å². The van der Waals surface area contributed by atoms with Crippen LogP contribution in [0.3, 0.4) is 0 Å². The summed E-state index contributed by atoms with van der Waals surface area (Å²) in [4.78, 5) is 30.4. The van der Waals surface area contributed by atoms with Crippen LogP contribution in [0.15, 0.2) is 54.9 Å². The first kappa shape index (κ1) is 20.8. The number of nitrogens with one attached hydrogen (secondary N) is 3. The third kappa shape index (κ3) is 3.90. The monoisotopic (exact) mass is 455 g/mol. The molecule has 4 aromatic rings. The average molecular weight is 456 g/mol. The van der Waals surface area contributed by atoms with Crippen LogP contribution in [0.2, 0.25) is 0 Å². The van der Waals surface area contributed by atoms with Gasteiger partial charge in [-0.3, -0.25) is 0 Å². The molecule has 6 rings (SSSR count). The van der Waals surface area contributed by atoms with Crippen molar-refractivity contribution in [2.45, 2.75) is 6.42 Å². The quantitative estimate of drug-likeness (QED) is 0.431. The first-order chi connectivity index (χ1) is 16.6. The summed E-state index contributed by atoms with van der Waals surface area (Å²) in [6, 6.07) is 12.7.